The summed E-state index contributed by atoms with van der Waals surface area (Å²) in [5.74, 6) is -1.01. The van der Waals surface area contributed by atoms with Gasteiger partial charge in [-0.2, -0.15) is 0 Å². The summed E-state index contributed by atoms with van der Waals surface area (Å²) in [4.78, 5) is 25.0. The number of hydrogen-bond donors (Lipinski definition) is 2. The molecule has 2 rings (SSSR count). The second kappa shape index (κ2) is 6.04. The van der Waals surface area contributed by atoms with E-state index in [2.05, 4.69) is 10.3 Å². The molecule has 8 heteroatoms. The molecule has 1 aliphatic carbocycles. The van der Waals surface area contributed by atoms with E-state index in [1.54, 1.807) is 7.11 Å². The third kappa shape index (κ3) is 3.66. The van der Waals surface area contributed by atoms with Crippen LogP contribution in [-0.4, -0.2) is 41.2 Å². The summed E-state index contributed by atoms with van der Waals surface area (Å²) in [6.07, 6.45) is 4.07. The summed E-state index contributed by atoms with van der Waals surface area (Å²) in [6.45, 7) is 1.33. The van der Waals surface area contributed by atoms with E-state index in [9.17, 15) is 14.9 Å². The summed E-state index contributed by atoms with van der Waals surface area (Å²) < 4.78 is 5.07. The zero-order valence-corrected chi connectivity index (χ0v) is 11.7. The Kier molecular flexibility index (Phi) is 4.37. The molecule has 1 aromatic rings. The van der Waals surface area contributed by atoms with E-state index >= 15 is 0 Å². The average Bonchev–Trinajstić information content (AvgIpc) is 3.23. The van der Waals surface area contributed by atoms with Crippen LogP contribution in [0.1, 0.15) is 29.6 Å². The van der Waals surface area contributed by atoms with Crippen LogP contribution in [0.2, 0.25) is 0 Å². The zero-order chi connectivity index (χ0) is 15.5. The topological polar surface area (TPSA) is 115 Å². The number of methoxy groups -OCH3 is 1. The lowest BCUT2D eigenvalue weighted by atomic mass is 10.0. The molecule has 2 N–H and O–H groups in total. The lowest BCUT2D eigenvalue weighted by Gasteiger charge is -2.16. The molecule has 21 heavy (non-hydrogen) atoms. The van der Waals surface area contributed by atoms with Crippen molar-refractivity contribution in [2.45, 2.75) is 19.3 Å². The number of carboxylic acid groups (broad SMARTS) is 1. The lowest BCUT2D eigenvalue weighted by molar-refractivity contribution is -0.385. The van der Waals surface area contributed by atoms with Crippen molar-refractivity contribution in [3.63, 3.8) is 0 Å². The number of carboxylic acids is 1. The minimum atomic E-state index is -1.34. The Hall–Kier alpha value is -2.22. The molecule has 0 amide bonds. The molecule has 1 aliphatic rings. The number of aromatic nitrogens is 1. The molecule has 1 aromatic heterocycles. The molecule has 0 saturated heterocycles. The summed E-state index contributed by atoms with van der Waals surface area (Å²) in [5.41, 5.74) is -0.698. The minimum Gasteiger partial charge on any atom is -0.477 e. The van der Waals surface area contributed by atoms with E-state index in [0.29, 0.717) is 19.0 Å². The Bertz CT molecular complexity index is 557. The SMILES string of the molecule is COCCC1(CNc2cc(C(=O)O)c([N+](=O)[O-])cn2)CC1. The van der Waals surface area contributed by atoms with Crippen molar-refractivity contribution in [1.82, 2.24) is 4.98 Å². The van der Waals surface area contributed by atoms with Crippen LogP contribution in [0.5, 0.6) is 0 Å². The minimum absolute atomic E-state index is 0.169. The zero-order valence-electron chi connectivity index (χ0n) is 11.7. The van der Waals surface area contributed by atoms with Crippen molar-refractivity contribution >= 4 is 17.5 Å². The maximum Gasteiger partial charge on any atom is 0.342 e. The smallest absolute Gasteiger partial charge is 0.342 e. The number of anilines is 1. The molecule has 0 aliphatic heterocycles. The molecule has 0 aromatic carbocycles. The van der Waals surface area contributed by atoms with Gasteiger partial charge in [-0.25, -0.2) is 9.78 Å². The number of pyridine rings is 1. The molecule has 8 nitrogen and oxygen atoms in total. The maximum absolute atomic E-state index is 11.1. The highest BCUT2D eigenvalue weighted by Gasteiger charge is 2.41. The summed E-state index contributed by atoms with van der Waals surface area (Å²) in [7, 11) is 1.65. The van der Waals surface area contributed by atoms with Crippen LogP contribution in [0.4, 0.5) is 11.5 Å². The quantitative estimate of drug-likeness (QED) is 0.556. The molecule has 1 heterocycles. The van der Waals surface area contributed by atoms with Crippen molar-refractivity contribution in [2.24, 2.45) is 5.41 Å². The maximum atomic E-state index is 11.1. The fourth-order valence-electron chi connectivity index (χ4n) is 2.15. The largest absolute Gasteiger partial charge is 0.477 e. The standard InChI is InChI=1S/C13H17N3O5/c1-21-5-4-13(2-3-13)8-15-11-6-9(12(17)18)10(7-14-11)16(19)20/h6-7H,2-5,8H2,1H3,(H,14,15)(H,17,18). The van der Waals surface area contributed by atoms with Crippen LogP contribution in [0, 0.1) is 15.5 Å². The van der Waals surface area contributed by atoms with Gasteiger partial charge in [0.15, 0.2) is 0 Å². The van der Waals surface area contributed by atoms with Crippen molar-refractivity contribution < 1.29 is 19.6 Å². The predicted molar refractivity (Wildman–Crippen MR) is 74.5 cm³/mol. The van der Waals surface area contributed by atoms with Gasteiger partial charge in [-0.3, -0.25) is 10.1 Å². The van der Waals surface area contributed by atoms with Crippen molar-refractivity contribution in [3.8, 4) is 0 Å². The number of rotatable bonds is 8. The number of aromatic carboxylic acids is 1. The fourth-order valence-corrected chi connectivity index (χ4v) is 2.15. The number of nitrogens with one attached hydrogen (secondary N) is 1. The first-order chi connectivity index (χ1) is 9.97. The van der Waals surface area contributed by atoms with Crippen LogP contribution in [-0.2, 0) is 4.74 Å². The molecule has 0 unspecified atom stereocenters. The monoisotopic (exact) mass is 295 g/mol. The van der Waals surface area contributed by atoms with Gasteiger partial charge in [0, 0.05) is 26.3 Å². The Morgan fingerprint density at radius 2 is 2.33 bits per heavy atom. The first-order valence-electron chi connectivity index (χ1n) is 6.58. The number of carbonyl (C=O) groups is 1. The Labute approximate surface area is 121 Å². The summed E-state index contributed by atoms with van der Waals surface area (Å²) in [5, 5.41) is 22.8. The van der Waals surface area contributed by atoms with Crippen molar-refractivity contribution in [3.05, 3.63) is 27.9 Å². The van der Waals surface area contributed by atoms with E-state index < -0.39 is 16.6 Å². The highest BCUT2D eigenvalue weighted by atomic mass is 16.6. The van der Waals surface area contributed by atoms with E-state index in [1.165, 1.54) is 6.07 Å². The molecule has 0 atom stereocenters. The third-order valence-corrected chi connectivity index (χ3v) is 3.75. The Morgan fingerprint density at radius 3 is 2.86 bits per heavy atom. The molecule has 1 fully saturated rings. The van der Waals surface area contributed by atoms with Crippen LogP contribution in [0.25, 0.3) is 0 Å². The van der Waals surface area contributed by atoms with Crippen molar-refractivity contribution in [2.75, 3.05) is 25.6 Å². The van der Waals surface area contributed by atoms with E-state index in [1.807, 2.05) is 0 Å². The van der Waals surface area contributed by atoms with Gasteiger partial charge < -0.3 is 15.2 Å². The molecule has 0 spiro atoms. The summed E-state index contributed by atoms with van der Waals surface area (Å²) in [6, 6.07) is 1.20. The van der Waals surface area contributed by atoms with Gasteiger partial charge in [-0.05, 0) is 24.7 Å². The molecule has 114 valence electrons. The second-order valence-corrected chi connectivity index (χ2v) is 5.25. The van der Waals surface area contributed by atoms with E-state index in [-0.39, 0.29) is 11.0 Å². The van der Waals surface area contributed by atoms with Gasteiger partial charge in [-0.1, -0.05) is 0 Å². The molecule has 0 radical (unpaired) electrons. The van der Waals surface area contributed by atoms with Gasteiger partial charge in [-0.15, -0.1) is 0 Å². The predicted octanol–water partition coefficient (Wildman–Crippen LogP) is 1.92. The number of ether oxygens (including phenoxy) is 1. The van der Waals surface area contributed by atoms with Gasteiger partial charge in [0.05, 0.1) is 4.92 Å². The van der Waals surface area contributed by atoms with Gasteiger partial charge in [0.1, 0.15) is 17.6 Å². The highest BCUT2D eigenvalue weighted by Crippen LogP contribution is 2.48. The fraction of sp³-hybridized carbons (Fsp3) is 0.538. The third-order valence-electron chi connectivity index (χ3n) is 3.75. The molecule has 0 bridgehead atoms. The summed E-state index contributed by atoms with van der Waals surface area (Å²) >= 11 is 0. The highest BCUT2D eigenvalue weighted by molar-refractivity contribution is 5.93. The number of hydrogen-bond acceptors (Lipinski definition) is 6. The Balaban J connectivity index is 2.06. The van der Waals surface area contributed by atoms with Crippen molar-refractivity contribution in [1.29, 1.82) is 0 Å². The van der Waals surface area contributed by atoms with E-state index in [0.717, 1.165) is 25.5 Å². The number of nitro groups is 1. The van der Waals surface area contributed by atoms with Crippen LogP contribution in [0.3, 0.4) is 0 Å². The molecule has 1 saturated carbocycles. The van der Waals surface area contributed by atoms with Gasteiger partial charge in [0.25, 0.3) is 0 Å². The Morgan fingerprint density at radius 1 is 1.62 bits per heavy atom. The van der Waals surface area contributed by atoms with Gasteiger partial charge >= 0.3 is 11.7 Å². The van der Waals surface area contributed by atoms with E-state index in [4.69, 9.17) is 9.84 Å². The van der Waals surface area contributed by atoms with Crippen LogP contribution < -0.4 is 5.32 Å². The molecular formula is C13H17N3O5. The molecular weight excluding hydrogens is 278 g/mol. The van der Waals surface area contributed by atoms with Crippen LogP contribution >= 0.6 is 0 Å². The normalized spacial score (nSPS) is 15.5. The number of nitrogens with zero attached hydrogens (tertiary/aromatic N) is 2. The first kappa shape index (κ1) is 15.2. The first-order valence-corrected chi connectivity index (χ1v) is 6.58. The van der Waals surface area contributed by atoms with Crippen LogP contribution in [0.15, 0.2) is 12.3 Å². The average molecular weight is 295 g/mol. The second-order valence-electron chi connectivity index (χ2n) is 5.25. The van der Waals surface area contributed by atoms with Gasteiger partial charge in [0.2, 0.25) is 0 Å². The lowest BCUT2D eigenvalue weighted by Crippen LogP contribution is -2.18.